The van der Waals surface area contributed by atoms with Crippen molar-refractivity contribution in [1.29, 1.82) is 0 Å². The Balaban J connectivity index is 1.93. The van der Waals surface area contributed by atoms with E-state index in [1.807, 2.05) is 31.2 Å². The predicted molar refractivity (Wildman–Crippen MR) is 84.7 cm³/mol. The first-order valence-corrected chi connectivity index (χ1v) is 7.00. The molecular weight excluding hydrogens is 297 g/mol. The monoisotopic (exact) mass is 311 g/mol. The number of aliphatic imine (C=N–C) groups is 1. The minimum absolute atomic E-state index is 0.131. The van der Waals surface area contributed by atoms with Crippen molar-refractivity contribution in [1.82, 2.24) is 0 Å². The fraction of sp³-hybridized carbons (Fsp3) is 0.111. The zero-order valence-electron chi connectivity index (χ0n) is 12.7. The third-order valence-corrected chi connectivity index (χ3v) is 3.36. The maximum absolute atomic E-state index is 13.7. The fourth-order valence-electron chi connectivity index (χ4n) is 2.24. The molecule has 2 aromatic rings. The molecule has 0 radical (unpaired) electrons. The van der Waals surface area contributed by atoms with Gasteiger partial charge in [0.25, 0.3) is 0 Å². The number of hydrogen-bond acceptors (Lipinski definition) is 4. The van der Waals surface area contributed by atoms with Crippen LogP contribution in [0.15, 0.2) is 53.2 Å². The molecule has 0 unspecified atom stereocenters. The fourth-order valence-corrected chi connectivity index (χ4v) is 2.24. The molecule has 5 heteroatoms. The lowest BCUT2D eigenvalue weighted by Gasteiger charge is -2.01. The van der Waals surface area contributed by atoms with Gasteiger partial charge in [-0.2, -0.15) is 0 Å². The molecule has 0 aliphatic carbocycles. The summed E-state index contributed by atoms with van der Waals surface area (Å²) in [4.78, 5) is 16.1. The lowest BCUT2D eigenvalue weighted by molar-refractivity contribution is -0.129. The minimum atomic E-state index is -0.558. The Kier molecular flexibility index (Phi) is 3.93. The second-order valence-electron chi connectivity index (χ2n) is 5.10. The van der Waals surface area contributed by atoms with Gasteiger partial charge in [0.2, 0.25) is 5.90 Å². The number of carbonyl (C=O) groups excluding carboxylic acids is 1. The highest BCUT2D eigenvalue weighted by Crippen LogP contribution is 2.22. The molecule has 23 heavy (non-hydrogen) atoms. The van der Waals surface area contributed by atoms with Crippen LogP contribution in [0, 0.1) is 12.7 Å². The van der Waals surface area contributed by atoms with E-state index in [0.29, 0.717) is 5.56 Å². The molecular formula is C18H14FNO3. The van der Waals surface area contributed by atoms with E-state index < -0.39 is 11.8 Å². The summed E-state index contributed by atoms with van der Waals surface area (Å²) >= 11 is 0. The SMILES string of the molecule is COc1ccc(/C=C2\N=C(c3cccc(C)c3)OC2=O)cc1F. The van der Waals surface area contributed by atoms with Gasteiger partial charge in [0.05, 0.1) is 7.11 Å². The highest BCUT2D eigenvalue weighted by atomic mass is 19.1. The third kappa shape index (κ3) is 3.13. The van der Waals surface area contributed by atoms with E-state index in [2.05, 4.69) is 4.99 Å². The van der Waals surface area contributed by atoms with E-state index >= 15 is 0 Å². The van der Waals surface area contributed by atoms with Crippen molar-refractivity contribution in [3.63, 3.8) is 0 Å². The molecule has 4 nitrogen and oxygen atoms in total. The van der Waals surface area contributed by atoms with E-state index in [-0.39, 0.29) is 17.3 Å². The Morgan fingerprint density at radius 1 is 1.22 bits per heavy atom. The first kappa shape index (κ1) is 15.0. The van der Waals surface area contributed by atoms with Crippen molar-refractivity contribution in [3.05, 3.63) is 70.7 Å². The molecule has 2 aromatic carbocycles. The number of benzene rings is 2. The highest BCUT2D eigenvalue weighted by molar-refractivity contribution is 6.12. The van der Waals surface area contributed by atoms with E-state index in [9.17, 15) is 9.18 Å². The van der Waals surface area contributed by atoms with Crippen LogP contribution in [0.1, 0.15) is 16.7 Å². The molecule has 3 rings (SSSR count). The van der Waals surface area contributed by atoms with Gasteiger partial charge in [-0.05, 0) is 42.8 Å². The van der Waals surface area contributed by atoms with Crippen LogP contribution in [0.25, 0.3) is 6.08 Å². The summed E-state index contributed by atoms with van der Waals surface area (Å²) in [5.74, 6) is -0.669. The van der Waals surface area contributed by atoms with E-state index in [0.717, 1.165) is 11.1 Å². The molecule has 0 spiro atoms. The number of aryl methyl sites for hydroxylation is 1. The molecule has 0 aromatic heterocycles. The number of carbonyl (C=O) groups is 1. The van der Waals surface area contributed by atoms with Crippen molar-refractivity contribution in [2.24, 2.45) is 4.99 Å². The molecule has 0 bridgehead atoms. The second kappa shape index (κ2) is 6.04. The summed E-state index contributed by atoms with van der Waals surface area (Å²) in [6, 6.07) is 11.9. The standard InChI is InChI=1S/C18H14FNO3/c1-11-4-3-5-13(8-11)17-20-15(18(21)23-17)10-12-6-7-16(22-2)14(19)9-12/h3-10H,1-2H3/b15-10-. The lowest BCUT2D eigenvalue weighted by Crippen LogP contribution is -2.05. The first-order chi connectivity index (χ1) is 11.1. The summed E-state index contributed by atoms with van der Waals surface area (Å²) in [7, 11) is 1.39. The van der Waals surface area contributed by atoms with Crippen LogP contribution in [0.3, 0.4) is 0 Å². The molecule has 116 valence electrons. The Hall–Kier alpha value is -2.95. The van der Waals surface area contributed by atoms with Crippen LogP contribution in [0.2, 0.25) is 0 Å². The molecule has 1 aliphatic rings. The first-order valence-electron chi connectivity index (χ1n) is 7.00. The van der Waals surface area contributed by atoms with Crippen molar-refractivity contribution in [2.75, 3.05) is 7.11 Å². The number of halogens is 1. The van der Waals surface area contributed by atoms with Gasteiger partial charge in [-0.3, -0.25) is 0 Å². The maximum Gasteiger partial charge on any atom is 0.363 e. The van der Waals surface area contributed by atoms with Crippen LogP contribution < -0.4 is 4.74 Å². The lowest BCUT2D eigenvalue weighted by atomic mass is 10.1. The van der Waals surface area contributed by atoms with Crippen LogP contribution >= 0.6 is 0 Å². The average molecular weight is 311 g/mol. The van der Waals surface area contributed by atoms with Gasteiger partial charge < -0.3 is 9.47 Å². The summed E-state index contributed by atoms with van der Waals surface area (Å²) in [6.45, 7) is 1.94. The number of hydrogen-bond donors (Lipinski definition) is 0. The van der Waals surface area contributed by atoms with Crippen molar-refractivity contribution in [3.8, 4) is 5.75 Å². The zero-order valence-corrected chi connectivity index (χ0v) is 12.7. The summed E-state index contributed by atoms with van der Waals surface area (Å²) in [5, 5.41) is 0. The number of cyclic esters (lactones) is 1. The highest BCUT2D eigenvalue weighted by Gasteiger charge is 2.24. The molecule has 1 heterocycles. The maximum atomic E-state index is 13.7. The smallest absolute Gasteiger partial charge is 0.363 e. The van der Waals surface area contributed by atoms with Gasteiger partial charge in [0.1, 0.15) is 0 Å². The molecule has 0 saturated carbocycles. The van der Waals surface area contributed by atoms with Crippen LogP contribution in [0.4, 0.5) is 4.39 Å². The molecule has 0 N–H and O–H groups in total. The van der Waals surface area contributed by atoms with Gasteiger partial charge in [0, 0.05) is 5.56 Å². The van der Waals surface area contributed by atoms with Crippen molar-refractivity contribution >= 4 is 17.9 Å². The number of esters is 1. The third-order valence-electron chi connectivity index (χ3n) is 3.36. The molecule has 1 aliphatic heterocycles. The van der Waals surface area contributed by atoms with Gasteiger partial charge in [-0.1, -0.05) is 23.8 Å². The summed E-state index contributed by atoms with van der Waals surface area (Å²) in [5.41, 5.74) is 2.40. The summed E-state index contributed by atoms with van der Waals surface area (Å²) in [6.07, 6.45) is 1.48. The normalized spacial score (nSPS) is 15.5. The minimum Gasteiger partial charge on any atom is -0.494 e. The van der Waals surface area contributed by atoms with Gasteiger partial charge in [-0.15, -0.1) is 0 Å². The summed E-state index contributed by atoms with van der Waals surface area (Å²) < 4.78 is 23.8. The van der Waals surface area contributed by atoms with E-state index in [4.69, 9.17) is 9.47 Å². The largest absolute Gasteiger partial charge is 0.494 e. The van der Waals surface area contributed by atoms with Gasteiger partial charge in [0.15, 0.2) is 17.3 Å². The van der Waals surface area contributed by atoms with Crippen LogP contribution in [-0.4, -0.2) is 19.0 Å². The Bertz CT molecular complexity index is 840. The molecule has 0 fully saturated rings. The van der Waals surface area contributed by atoms with E-state index in [1.54, 1.807) is 6.07 Å². The Morgan fingerprint density at radius 3 is 2.74 bits per heavy atom. The zero-order chi connectivity index (χ0) is 16.4. The van der Waals surface area contributed by atoms with Crippen molar-refractivity contribution in [2.45, 2.75) is 6.92 Å². The van der Waals surface area contributed by atoms with Crippen LogP contribution in [-0.2, 0) is 9.53 Å². The number of rotatable bonds is 3. The molecule has 0 atom stereocenters. The topological polar surface area (TPSA) is 47.9 Å². The quantitative estimate of drug-likeness (QED) is 0.644. The molecule has 0 saturated heterocycles. The van der Waals surface area contributed by atoms with Crippen LogP contribution in [0.5, 0.6) is 5.75 Å². The average Bonchev–Trinajstić information content (AvgIpc) is 2.89. The number of ether oxygens (including phenoxy) is 2. The van der Waals surface area contributed by atoms with Crippen molar-refractivity contribution < 1.29 is 18.7 Å². The Labute approximate surface area is 132 Å². The predicted octanol–water partition coefficient (Wildman–Crippen LogP) is 3.49. The molecule has 0 amide bonds. The van der Waals surface area contributed by atoms with E-state index in [1.165, 1.54) is 25.3 Å². The number of nitrogens with zero attached hydrogens (tertiary/aromatic N) is 1. The number of methoxy groups -OCH3 is 1. The second-order valence-corrected chi connectivity index (χ2v) is 5.10. The van der Waals surface area contributed by atoms with Gasteiger partial charge in [-0.25, -0.2) is 14.2 Å². The Morgan fingerprint density at radius 2 is 2.04 bits per heavy atom. The van der Waals surface area contributed by atoms with Gasteiger partial charge >= 0.3 is 5.97 Å².